The van der Waals surface area contributed by atoms with E-state index in [2.05, 4.69) is 26.6 Å². The summed E-state index contributed by atoms with van der Waals surface area (Å²) in [6.45, 7) is 9.65. The summed E-state index contributed by atoms with van der Waals surface area (Å²) in [7, 11) is 1.60. The van der Waals surface area contributed by atoms with Gasteiger partial charge in [0, 0.05) is 65.5 Å². The van der Waals surface area contributed by atoms with E-state index in [0.717, 1.165) is 38.5 Å². The molecule has 18 heteroatoms. The van der Waals surface area contributed by atoms with E-state index in [1.54, 1.807) is 19.2 Å². The van der Waals surface area contributed by atoms with Gasteiger partial charge >= 0.3 is 0 Å². The first-order valence-corrected chi connectivity index (χ1v) is 21.6. The van der Waals surface area contributed by atoms with Gasteiger partial charge in [0.05, 0.1) is 68.5 Å². The predicted octanol–water partition coefficient (Wildman–Crippen LogP) is 2.16. The molecule has 4 aliphatic heterocycles. The molecule has 0 radical (unpaired) electrons. The number of phenolic OH excluding ortho intramolecular Hbond substituents is 2. The molecular weight excluding hydrogens is 791 g/mol. The smallest absolute Gasteiger partial charge is 0.255 e. The van der Waals surface area contributed by atoms with Crippen LogP contribution in [0.4, 0.5) is 0 Å². The minimum atomic E-state index is -0.717. The first-order valence-electron chi connectivity index (χ1n) is 21.6. The van der Waals surface area contributed by atoms with Gasteiger partial charge in [-0.2, -0.15) is 0 Å². The number of phenols is 2. The van der Waals surface area contributed by atoms with Crippen molar-refractivity contribution in [2.45, 2.75) is 64.8 Å². The van der Waals surface area contributed by atoms with Crippen molar-refractivity contribution in [2.24, 2.45) is 5.73 Å². The first kappa shape index (κ1) is 50.6. The standard InChI is InChI=1S/C43H69N7O11/c1-4-6-23-60-38-34-13-14-35(39(38)61-24-7-5-2)42(55)48-19-21-50(22-25-58-28-29-59-27-26-57-3)20-18-47-40(53)32-11-12-33(37(52)36(32)51)43(56)49-31(10-8-9-15-44)30-45-16-17-46-41(34)54/h11-14,31,45,51-52H,4-10,15-30,44H2,1-3H3,(H,46,54)(H,47,53)(H,48,55)(H,49,56). The third-order valence-corrected chi connectivity index (χ3v) is 9.83. The molecule has 4 amide bonds. The quantitative estimate of drug-likeness (QED) is 0.0663. The molecule has 0 aromatic heterocycles. The normalized spacial score (nSPS) is 16.5. The van der Waals surface area contributed by atoms with Gasteiger partial charge in [0.2, 0.25) is 0 Å². The van der Waals surface area contributed by atoms with Gasteiger partial charge in [0.25, 0.3) is 23.6 Å². The molecule has 6 rings (SSSR count). The van der Waals surface area contributed by atoms with Crippen molar-refractivity contribution in [3.05, 3.63) is 46.5 Å². The van der Waals surface area contributed by atoms with Crippen LogP contribution in [0.25, 0.3) is 0 Å². The average molecular weight is 860 g/mol. The van der Waals surface area contributed by atoms with E-state index >= 15 is 0 Å². The number of nitrogens with two attached hydrogens (primary N) is 1. The van der Waals surface area contributed by atoms with Gasteiger partial charge in [-0.3, -0.25) is 24.1 Å². The zero-order valence-electron chi connectivity index (χ0n) is 36.2. The lowest BCUT2D eigenvalue weighted by Crippen LogP contribution is -2.44. The van der Waals surface area contributed by atoms with Gasteiger partial charge < -0.3 is 66.2 Å². The Bertz CT molecular complexity index is 1650. The van der Waals surface area contributed by atoms with Gasteiger partial charge in [-0.05, 0) is 56.5 Å². The number of amides is 4. The third kappa shape index (κ3) is 17.7. The van der Waals surface area contributed by atoms with Gasteiger partial charge in [-0.15, -0.1) is 0 Å². The number of nitrogens with one attached hydrogen (secondary N) is 5. The van der Waals surface area contributed by atoms with Crippen molar-refractivity contribution in [2.75, 3.05) is 112 Å². The summed E-state index contributed by atoms with van der Waals surface area (Å²) in [5.74, 6) is -3.11. The molecule has 0 fully saturated rings. The minimum absolute atomic E-state index is 0.143. The molecule has 0 saturated carbocycles. The summed E-state index contributed by atoms with van der Waals surface area (Å²) < 4.78 is 28.7. The predicted molar refractivity (Wildman–Crippen MR) is 231 cm³/mol. The van der Waals surface area contributed by atoms with Gasteiger partial charge in [0.15, 0.2) is 23.0 Å². The van der Waals surface area contributed by atoms with Crippen molar-refractivity contribution >= 4 is 23.6 Å². The monoisotopic (exact) mass is 860 g/mol. The number of aromatic hydroxyl groups is 2. The van der Waals surface area contributed by atoms with Crippen molar-refractivity contribution in [1.82, 2.24) is 31.5 Å². The molecular formula is C43H69N7O11. The number of methoxy groups -OCH3 is 1. The summed E-state index contributed by atoms with van der Waals surface area (Å²) in [5.41, 5.74) is 5.80. The van der Waals surface area contributed by atoms with E-state index in [0.29, 0.717) is 91.9 Å². The molecule has 4 heterocycles. The fraction of sp³-hybridized carbons (Fsp3) is 0.628. The Morgan fingerprint density at radius 3 is 1.70 bits per heavy atom. The van der Waals surface area contributed by atoms with Crippen LogP contribution < -0.4 is 41.8 Å². The lowest BCUT2D eigenvalue weighted by Gasteiger charge is -2.23. The lowest BCUT2D eigenvalue weighted by atomic mass is 10.1. The van der Waals surface area contributed by atoms with E-state index in [9.17, 15) is 29.4 Å². The van der Waals surface area contributed by atoms with Crippen molar-refractivity contribution < 1.29 is 53.1 Å². The topological polar surface area (TPSA) is 244 Å². The molecule has 9 N–H and O–H groups in total. The maximum atomic E-state index is 13.8. The van der Waals surface area contributed by atoms with E-state index in [1.165, 1.54) is 12.1 Å². The number of ether oxygens (including phenoxy) is 5. The van der Waals surface area contributed by atoms with Gasteiger partial charge in [-0.1, -0.05) is 33.1 Å². The second-order valence-electron chi connectivity index (χ2n) is 14.6. The Morgan fingerprint density at radius 2 is 1.15 bits per heavy atom. The van der Waals surface area contributed by atoms with Gasteiger partial charge in [-0.25, -0.2) is 0 Å². The van der Waals surface area contributed by atoms with Crippen LogP contribution in [0, 0.1) is 0 Å². The highest BCUT2D eigenvalue weighted by molar-refractivity contribution is 6.04. The Labute approximate surface area is 359 Å². The van der Waals surface area contributed by atoms with Crippen LogP contribution in [0.5, 0.6) is 23.0 Å². The van der Waals surface area contributed by atoms with E-state index < -0.39 is 35.1 Å². The molecule has 342 valence electrons. The highest BCUT2D eigenvalue weighted by atomic mass is 16.5. The highest BCUT2D eigenvalue weighted by Gasteiger charge is 2.26. The molecule has 0 spiro atoms. The molecule has 1 unspecified atom stereocenters. The second-order valence-corrected chi connectivity index (χ2v) is 14.6. The van der Waals surface area contributed by atoms with Crippen molar-refractivity contribution in [3.63, 3.8) is 0 Å². The zero-order chi connectivity index (χ0) is 44.2. The first-order chi connectivity index (χ1) is 29.7. The number of hydrogen-bond acceptors (Lipinski definition) is 14. The highest BCUT2D eigenvalue weighted by Crippen LogP contribution is 2.36. The van der Waals surface area contributed by atoms with E-state index in [-0.39, 0.29) is 59.4 Å². The number of hydrogen-bond donors (Lipinski definition) is 8. The lowest BCUT2D eigenvalue weighted by molar-refractivity contribution is 0.0196. The summed E-state index contributed by atoms with van der Waals surface area (Å²) >= 11 is 0. The van der Waals surface area contributed by atoms with Crippen LogP contribution in [-0.2, 0) is 14.2 Å². The SMILES string of the molecule is CCCCOc1c2ccc(c1OCCCC)C(=O)NCCN(CCOCCOCCOC)CCNC(=O)c1ccc(c(O)c1O)C(=O)NC(CCCCN)CNCCNC2=O. The van der Waals surface area contributed by atoms with Crippen molar-refractivity contribution in [3.8, 4) is 23.0 Å². The van der Waals surface area contributed by atoms with Crippen molar-refractivity contribution in [1.29, 1.82) is 0 Å². The number of rotatable bonds is 21. The van der Waals surface area contributed by atoms with Crippen LogP contribution in [0.3, 0.4) is 0 Å². The van der Waals surface area contributed by atoms with E-state index in [4.69, 9.17) is 29.4 Å². The maximum Gasteiger partial charge on any atom is 0.255 e. The third-order valence-electron chi connectivity index (χ3n) is 9.83. The Balaban J connectivity index is 1.92. The van der Waals surface area contributed by atoms with Crippen LogP contribution in [0.1, 0.15) is 100 Å². The fourth-order valence-corrected chi connectivity index (χ4v) is 6.29. The molecule has 1 atom stereocenters. The number of benzene rings is 2. The fourth-order valence-electron chi connectivity index (χ4n) is 6.29. The Kier molecular flexibility index (Phi) is 24.5. The summed E-state index contributed by atoms with van der Waals surface area (Å²) in [4.78, 5) is 56.2. The molecule has 4 bridgehead atoms. The molecule has 4 aliphatic rings. The van der Waals surface area contributed by atoms with E-state index in [1.807, 2.05) is 18.7 Å². The molecule has 0 saturated heterocycles. The number of unbranched alkanes of at least 4 members (excludes halogenated alkanes) is 3. The number of carbonyl (C=O) groups excluding carboxylic acids is 4. The minimum Gasteiger partial charge on any atom is -0.504 e. The average Bonchev–Trinajstić information content (AvgIpc) is 3.24. The van der Waals surface area contributed by atoms with Crippen LogP contribution in [0.15, 0.2) is 24.3 Å². The maximum absolute atomic E-state index is 13.8. The van der Waals surface area contributed by atoms with Crippen LogP contribution in [0.2, 0.25) is 0 Å². The van der Waals surface area contributed by atoms with Crippen LogP contribution >= 0.6 is 0 Å². The molecule has 2 aromatic rings. The molecule has 18 nitrogen and oxygen atoms in total. The largest absolute Gasteiger partial charge is 0.504 e. The van der Waals surface area contributed by atoms with Gasteiger partial charge in [0.1, 0.15) is 0 Å². The molecule has 61 heavy (non-hydrogen) atoms. The second kappa shape index (κ2) is 29.5. The van der Waals surface area contributed by atoms with Crippen LogP contribution in [-0.4, -0.2) is 157 Å². The molecule has 0 aliphatic carbocycles. The Morgan fingerprint density at radius 1 is 0.639 bits per heavy atom. The molecule has 2 aromatic carbocycles. The number of carbonyl (C=O) groups is 4. The number of nitrogens with zero attached hydrogens (tertiary/aromatic N) is 1. The summed E-state index contributed by atoms with van der Waals surface area (Å²) in [6.07, 6.45) is 5.20. The summed E-state index contributed by atoms with van der Waals surface area (Å²) in [6, 6.07) is 5.34. The zero-order valence-corrected chi connectivity index (χ0v) is 36.2. The summed E-state index contributed by atoms with van der Waals surface area (Å²) in [5, 5.41) is 36.5. The Hall–Kier alpha value is -4.72.